The van der Waals surface area contributed by atoms with Gasteiger partial charge in [0.1, 0.15) is 5.82 Å². The number of ketones is 1. The average Bonchev–Trinajstić information content (AvgIpc) is 3.09. The number of carbonyl (C=O) groups is 1. The van der Waals surface area contributed by atoms with Gasteiger partial charge in [-0.05, 0) is 42.5 Å². The summed E-state index contributed by atoms with van der Waals surface area (Å²) in [5, 5.41) is 11.7. The first-order valence-corrected chi connectivity index (χ1v) is 8.30. The van der Waals surface area contributed by atoms with Crippen molar-refractivity contribution in [1.29, 1.82) is 0 Å². The number of rotatable bonds is 5. The lowest BCUT2D eigenvalue weighted by atomic mass is 10.2. The third-order valence-electron chi connectivity index (χ3n) is 3.74. The Labute approximate surface area is 142 Å². The molecule has 1 aromatic carbocycles. The van der Waals surface area contributed by atoms with Crippen molar-refractivity contribution in [3.63, 3.8) is 0 Å². The fourth-order valence-corrected chi connectivity index (χ4v) is 3.33. The minimum atomic E-state index is -0.321. The van der Waals surface area contributed by atoms with Gasteiger partial charge in [-0.25, -0.2) is 9.07 Å². The van der Waals surface area contributed by atoms with Gasteiger partial charge in [0.15, 0.2) is 5.78 Å². The average molecular weight is 345 g/mol. The largest absolute Gasteiger partial charge is 0.315 e. The van der Waals surface area contributed by atoms with Crippen molar-refractivity contribution in [1.82, 2.24) is 24.8 Å². The minimum Gasteiger partial charge on any atom is -0.315 e. The smallest absolute Gasteiger partial charge is 0.209 e. The molecule has 0 radical (unpaired) electrons. The summed E-state index contributed by atoms with van der Waals surface area (Å²) in [5.41, 5.74) is 2.56. The molecule has 0 bridgehead atoms. The number of carbonyl (C=O) groups excluding carboxylic acids is 1. The van der Waals surface area contributed by atoms with E-state index >= 15 is 0 Å². The van der Waals surface area contributed by atoms with Crippen molar-refractivity contribution < 1.29 is 9.18 Å². The fourth-order valence-electron chi connectivity index (χ4n) is 2.60. The number of tetrazole rings is 1. The number of hydrogen-bond donors (Lipinski definition) is 0. The molecule has 2 heterocycles. The van der Waals surface area contributed by atoms with E-state index in [1.807, 2.05) is 13.8 Å². The van der Waals surface area contributed by atoms with Gasteiger partial charge in [0.25, 0.3) is 0 Å². The molecule has 0 spiro atoms. The molecule has 2 aromatic heterocycles. The summed E-state index contributed by atoms with van der Waals surface area (Å²) < 4.78 is 17.4. The lowest BCUT2D eigenvalue weighted by Gasteiger charge is -2.10. The summed E-state index contributed by atoms with van der Waals surface area (Å²) in [7, 11) is 1.72. The number of thioether (sulfide) groups is 1. The Bertz CT molecular complexity index is 902. The predicted octanol–water partition coefficient (Wildman–Crippen LogP) is 2.73. The normalized spacial score (nSPS) is 11.0. The molecule has 0 unspecified atom stereocenters. The molecule has 0 saturated heterocycles. The molecule has 0 fully saturated rings. The summed E-state index contributed by atoms with van der Waals surface area (Å²) in [6.07, 6.45) is 0. The monoisotopic (exact) mass is 345 g/mol. The number of benzene rings is 1. The van der Waals surface area contributed by atoms with Crippen LogP contribution in [0.5, 0.6) is 0 Å². The van der Waals surface area contributed by atoms with Crippen molar-refractivity contribution in [2.24, 2.45) is 7.05 Å². The molecular weight excluding hydrogens is 329 g/mol. The number of aromatic nitrogens is 5. The maximum Gasteiger partial charge on any atom is 0.209 e. The number of aryl methyl sites for hydroxylation is 2. The van der Waals surface area contributed by atoms with Crippen LogP contribution in [0.3, 0.4) is 0 Å². The second-order valence-corrected chi connectivity index (χ2v) is 6.31. The van der Waals surface area contributed by atoms with Gasteiger partial charge in [0.2, 0.25) is 5.16 Å². The molecule has 0 atom stereocenters. The summed E-state index contributed by atoms with van der Waals surface area (Å²) in [6, 6.07) is 8.32. The maximum atomic E-state index is 14.1. The summed E-state index contributed by atoms with van der Waals surface area (Å²) in [5.74, 6) is -0.146. The van der Waals surface area contributed by atoms with Crippen LogP contribution in [0.1, 0.15) is 21.7 Å². The molecule has 0 aliphatic rings. The topological polar surface area (TPSA) is 65.6 Å². The number of hydrogen-bond acceptors (Lipinski definition) is 5. The zero-order valence-corrected chi connectivity index (χ0v) is 14.3. The Morgan fingerprint density at radius 3 is 2.71 bits per heavy atom. The number of halogens is 1. The molecule has 0 aliphatic carbocycles. The van der Waals surface area contributed by atoms with Crippen LogP contribution in [0.4, 0.5) is 4.39 Å². The first kappa shape index (κ1) is 16.4. The number of nitrogens with zero attached hydrogens (tertiary/aromatic N) is 5. The lowest BCUT2D eigenvalue weighted by Crippen LogP contribution is -2.07. The van der Waals surface area contributed by atoms with E-state index in [4.69, 9.17) is 0 Å². The van der Waals surface area contributed by atoms with Gasteiger partial charge in [0, 0.05) is 24.0 Å². The van der Waals surface area contributed by atoms with E-state index in [0.717, 1.165) is 11.4 Å². The molecule has 0 aliphatic heterocycles. The van der Waals surface area contributed by atoms with Crippen LogP contribution in [0.25, 0.3) is 5.69 Å². The van der Waals surface area contributed by atoms with Crippen LogP contribution in [0.2, 0.25) is 0 Å². The molecule has 3 rings (SSSR count). The predicted molar refractivity (Wildman–Crippen MR) is 89.1 cm³/mol. The van der Waals surface area contributed by atoms with Crippen LogP contribution in [-0.4, -0.2) is 36.3 Å². The fraction of sp³-hybridized carbons (Fsp3) is 0.250. The van der Waals surface area contributed by atoms with E-state index in [1.54, 1.807) is 35.9 Å². The van der Waals surface area contributed by atoms with E-state index in [-0.39, 0.29) is 17.4 Å². The van der Waals surface area contributed by atoms with Gasteiger partial charge in [-0.1, -0.05) is 23.9 Å². The third-order valence-corrected chi connectivity index (χ3v) is 4.75. The van der Waals surface area contributed by atoms with Crippen molar-refractivity contribution in [2.75, 3.05) is 5.75 Å². The highest BCUT2D eigenvalue weighted by Gasteiger charge is 2.19. The van der Waals surface area contributed by atoms with Crippen LogP contribution in [-0.2, 0) is 7.05 Å². The van der Waals surface area contributed by atoms with Gasteiger partial charge in [-0.2, -0.15) is 0 Å². The van der Waals surface area contributed by atoms with Gasteiger partial charge in [-0.15, -0.1) is 5.10 Å². The van der Waals surface area contributed by atoms with Crippen LogP contribution >= 0.6 is 11.8 Å². The summed E-state index contributed by atoms with van der Waals surface area (Å²) >= 11 is 1.27. The highest BCUT2D eigenvalue weighted by Crippen LogP contribution is 2.24. The van der Waals surface area contributed by atoms with Gasteiger partial charge < -0.3 is 4.57 Å². The zero-order valence-electron chi connectivity index (χ0n) is 13.5. The number of para-hydroxylation sites is 1. The van der Waals surface area contributed by atoms with Gasteiger partial charge in [0.05, 0.1) is 11.4 Å². The minimum absolute atomic E-state index is 0.0429. The lowest BCUT2D eigenvalue weighted by molar-refractivity contribution is 0.102. The van der Waals surface area contributed by atoms with Crippen LogP contribution < -0.4 is 0 Å². The van der Waals surface area contributed by atoms with E-state index in [0.29, 0.717) is 16.4 Å². The Balaban J connectivity index is 1.87. The van der Waals surface area contributed by atoms with E-state index in [2.05, 4.69) is 15.5 Å². The number of Topliss-reactive ketones (excluding diaryl/α,β-unsaturated/α-hetero) is 1. The highest BCUT2D eigenvalue weighted by molar-refractivity contribution is 7.99. The zero-order chi connectivity index (χ0) is 17.3. The molecule has 8 heteroatoms. The Hall–Kier alpha value is -2.48. The standard InChI is InChI=1S/C16H16FN5OS/c1-10-8-12(15(23)9-24-16-18-19-20-21(16)3)11(2)22(10)14-7-5-4-6-13(14)17/h4-8H,9H2,1-3H3. The summed E-state index contributed by atoms with van der Waals surface area (Å²) in [4.78, 5) is 12.5. The molecule has 0 amide bonds. The summed E-state index contributed by atoms with van der Waals surface area (Å²) in [6.45, 7) is 3.68. The Kier molecular flexibility index (Phi) is 4.48. The SMILES string of the molecule is Cc1cc(C(=O)CSc2nnnn2C)c(C)n1-c1ccccc1F. The Morgan fingerprint density at radius 2 is 2.04 bits per heavy atom. The first-order valence-electron chi connectivity index (χ1n) is 7.31. The first-order chi connectivity index (χ1) is 11.5. The van der Waals surface area contributed by atoms with Gasteiger partial charge in [-0.3, -0.25) is 4.79 Å². The molecule has 124 valence electrons. The quantitative estimate of drug-likeness (QED) is 0.525. The van der Waals surface area contributed by atoms with Crippen LogP contribution in [0, 0.1) is 19.7 Å². The van der Waals surface area contributed by atoms with Crippen LogP contribution in [0.15, 0.2) is 35.5 Å². The third kappa shape index (κ3) is 2.96. The second kappa shape index (κ2) is 6.56. The van der Waals surface area contributed by atoms with E-state index < -0.39 is 0 Å². The molecule has 3 aromatic rings. The molecule has 6 nitrogen and oxygen atoms in total. The molecular formula is C16H16FN5OS. The second-order valence-electron chi connectivity index (χ2n) is 5.37. The highest BCUT2D eigenvalue weighted by atomic mass is 32.2. The van der Waals surface area contributed by atoms with Crippen molar-refractivity contribution in [3.8, 4) is 5.69 Å². The maximum absolute atomic E-state index is 14.1. The van der Waals surface area contributed by atoms with Crippen molar-refractivity contribution >= 4 is 17.5 Å². The molecule has 0 saturated carbocycles. The van der Waals surface area contributed by atoms with Crippen molar-refractivity contribution in [2.45, 2.75) is 19.0 Å². The van der Waals surface area contributed by atoms with E-state index in [1.165, 1.54) is 22.5 Å². The molecule has 24 heavy (non-hydrogen) atoms. The Morgan fingerprint density at radius 1 is 1.29 bits per heavy atom. The van der Waals surface area contributed by atoms with E-state index in [9.17, 15) is 9.18 Å². The van der Waals surface area contributed by atoms with Gasteiger partial charge >= 0.3 is 0 Å². The molecule has 0 N–H and O–H groups in total. The van der Waals surface area contributed by atoms with Crippen molar-refractivity contribution in [3.05, 3.63) is 53.1 Å².